The van der Waals surface area contributed by atoms with E-state index in [1.807, 2.05) is 26.0 Å². The molecule has 0 atom stereocenters. The maximum atomic E-state index is 12.5. The molecule has 9 nitrogen and oxygen atoms in total. The summed E-state index contributed by atoms with van der Waals surface area (Å²) in [6.07, 6.45) is 2.19. The quantitative estimate of drug-likeness (QED) is 0.513. The molecule has 0 spiro atoms. The summed E-state index contributed by atoms with van der Waals surface area (Å²) in [7, 11) is 0. The maximum Gasteiger partial charge on any atom is 0.286 e. The van der Waals surface area contributed by atoms with Gasteiger partial charge in [0.15, 0.2) is 5.76 Å². The van der Waals surface area contributed by atoms with Crippen molar-refractivity contribution in [2.24, 2.45) is 0 Å². The highest BCUT2D eigenvalue weighted by atomic mass is 16.5. The monoisotopic (exact) mass is 445 g/mol. The first-order valence-electron chi connectivity index (χ1n) is 11.0. The number of carbonyl (C=O) groups excluding carboxylic acids is 2. The van der Waals surface area contributed by atoms with E-state index in [-0.39, 0.29) is 24.0 Å². The fourth-order valence-corrected chi connectivity index (χ4v) is 3.40. The fraction of sp³-hybridized carbons (Fsp3) is 0.478. The predicted molar refractivity (Wildman–Crippen MR) is 121 cm³/mol. The summed E-state index contributed by atoms with van der Waals surface area (Å²) >= 11 is 0. The lowest BCUT2D eigenvalue weighted by Gasteiger charge is -2.31. The van der Waals surface area contributed by atoms with E-state index in [0.717, 1.165) is 18.8 Å². The second kappa shape index (κ2) is 12.0. The Morgan fingerprint density at radius 3 is 2.53 bits per heavy atom. The summed E-state index contributed by atoms with van der Waals surface area (Å²) in [4.78, 5) is 26.6. The van der Waals surface area contributed by atoms with Crippen molar-refractivity contribution in [3.05, 3.63) is 36.3 Å². The number of hydrogen-bond donors (Lipinski definition) is 2. The fourth-order valence-electron chi connectivity index (χ4n) is 3.40. The third-order valence-electron chi connectivity index (χ3n) is 4.90. The topological polar surface area (TPSA) is 102 Å². The van der Waals surface area contributed by atoms with Gasteiger partial charge in [-0.05, 0) is 32.4 Å². The minimum absolute atomic E-state index is 0.167. The molecule has 0 bridgehead atoms. The van der Waals surface area contributed by atoms with Crippen LogP contribution in [-0.2, 0) is 9.53 Å². The number of furan rings is 1. The zero-order valence-corrected chi connectivity index (χ0v) is 18.6. The highest BCUT2D eigenvalue weighted by Crippen LogP contribution is 2.39. The molecule has 0 radical (unpaired) electrons. The van der Waals surface area contributed by atoms with Crippen LogP contribution in [0.15, 0.2) is 34.9 Å². The maximum absolute atomic E-state index is 12.5. The smallest absolute Gasteiger partial charge is 0.286 e. The molecular formula is C23H31N3O6. The molecule has 0 aliphatic carbocycles. The van der Waals surface area contributed by atoms with Gasteiger partial charge in [0.1, 0.15) is 11.5 Å². The molecule has 2 aromatic rings. The van der Waals surface area contributed by atoms with Crippen molar-refractivity contribution in [3.63, 3.8) is 0 Å². The Balaban J connectivity index is 1.62. The Labute approximate surface area is 188 Å². The Morgan fingerprint density at radius 1 is 1.09 bits per heavy atom. The summed E-state index contributed by atoms with van der Waals surface area (Å²) < 4.78 is 22.2. The molecule has 1 fully saturated rings. The van der Waals surface area contributed by atoms with Crippen molar-refractivity contribution in [1.29, 1.82) is 0 Å². The van der Waals surface area contributed by atoms with Crippen LogP contribution in [0.4, 0.5) is 11.4 Å². The summed E-state index contributed by atoms with van der Waals surface area (Å²) in [5.41, 5.74) is 1.49. The lowest BCUT2D eigenvalue weighted by atomic mass is 10.2. The second-order valence-electron chi connectivity index (χ2n) is 7.17. The van der Waals surface area contributed by atoms with Gasteiger partial charge in [0.2, 0.25) is 5.91 Å². The van der Waals surface area contributed by atoms with E-state index in [1.54, 1.807) is 12.1 Å². The van der Waals surface area contributed by atoms with Crippen molar-refractivity contribution in [2.45, 2.75) is 26.7 Å². The van der Waals surface area contributed by atoms with Crippen LogP contribution in [0.5, 0.6) is 11.5 Å². The van der Waals surface area contributed by atoms with Gasteiger partial charge in [-0.3, -0.25) is 9.59 Å². The van der Waals surface area contributed by atoms with E-state index in [1.165, 1.54) is 6.26 Å². The largest absolute Gasteiger partial charge is 0.492 e. The number of morpholine rings is 1. The van der Waals surface area contributed by atoms with Crippen LogP contribution < -0.4 is 25.0 Å². The zero-order chi connectivity index (χ0) is 22.8. The Hall–Kier alpha value is -3.20. The molecule has 2 N–H and O–H groups in total. The van der Waals surface area contributed by atoms with Crippen LogP contribution in [0.1, 0.15) is 37.2 Å². The standard InChI is InChI=1S/C23H31N3O6/c1-3-30-20-16-18(26-10-13-29-14-11-26)21(31-4-2)15-17(20)25-22(27)8-5-9-24-23(28)19-7-6-12-32-19/h6-7,12,15-16H,3-5,8-11,13-14H2,1-2H3,(H,24,28)(H,25,27). The number of nitrogens with one attached hydrogen (secondary N) is 2. The lowest BCUT2D eigenvalue weighted by Crippen LogP contribution is -2.36. The van der Waals surface area contributed by atoms with Gasteiger partial charge in [-0.25, -0.2) is 0 Å². The zero-order valence-electron chi connectivity index (χ0n) is 18.6. The van der Waals surface area contributed by atoms with E-state index >= 15 is 0 Å². The Kier molecular flexibility index (Phi) is 8.79. The number of ether oxygens (including phenoxy) is 3. The van der Waals surface area contributed by atoms with Crippen LogP contribution in [0, 0.1) is 0 Å². The van der Waals surface area contributed by atoms with Gasteiger partial charge >= 0.3 is 0 Å². The first kappa shape index (κ1) is 23.5. The van der Waals surface area contributed by atoms with Gasteiger partial charge in [-0.2, -0.15) is 0 Å². The highest BCUT2D eigenvalue weighted by molar-refractivity contribution is 5.94. The summed E-state index contributed by atoms with van der Waals surface area (Å²) in [6, 6.07) is 6.97. The number of carbonyl (C=O) groups is 2. The molecule has 32 heavy (non-hydrogen) atoms. The van der Waals surface area contributed by atoms with Crippen LogP contribution in [0.3, 0.4) is 0 Å². The molecule has 9 heteroatoms. The first-order chi connectivity index (χ1) is 15.6. The molecule has 1 saturated heterocycles. The minimum atomic E-state index is -0.297. The van der Waals surface area contributed by atoms with Gasteiger partial charge in [-0.15, -0.1) is 0 Å². The summed E-state index contributed by atoms with van der Waals surface area (Å²) in [6.45, 7) is 8.02. The molecule has 0 saturated carbocycles. The number of rotatable bonds is 11. The van der Waals surface area contributed by atoms with Crippen LogP contribution in [0.2, 0.25) is 0 Å². The number of hydrogen-bond acceptors (Lipinski definition) is 7. The molecule has 0 unspecified atom stereocenters. The van der Waals surface area contributed by atoms with Gasteiger partial charge in [-0.1, -0.05) is 0 Å². The van der Waals surface area contributed by atoms with E-state index in [0.29, 0.717) is 56.6 Å². The Morgan fingerprint density at radius 2 is 1.84 bits per heavy atom. The van der Waals surface area contributed by atoms with Crippen molar-refractivity contribution in [1.82, 2.24) is 5.32 Å². The molecule has 2 heterocycles. The van der Waals surface area contributed by atoms with Crippen molar-refractivity contribution in [3.8, 4) is 11.5 Å². The number of nitrogens with zero attached hydrogens (tertiary/aromatic N) is 1. The average molecular weight is 446 g/mol. The van der Waals surface area contributed by atoms with E-state index in [2.05, 4.69) is 15.5 Å². The molecule has 174 valence electrons. The third kappa shape index (κ3) is 6.40. The number of amides is 2. The van der Waals surface area contributed by atoms with Crippen molar-refractivity contribution >= 4 is 23.2 Å². The lowest BCUT2D eigenvalue weighted by molar-refractivity contribution is -0.116. The van der Waals surface area contributed by atoms with E-state index < -0.39 is 0 Å². The highest BCUT2D eigenvalue weighted by Gasteiger charge is 2.20. The molecule has 1 aromatic heterocycles. The SMILES string of the molecule is CCOc1cc(N2CCOCC2)c(OCC)cc1NC(=O)CCCNC(=O)c1ccco1. The molecule has 1 aliphatic heterocycles. The van der Waals surface area contributed by atoms with Gasteiger partial charge < -0.3 is 34.2 Å². The van der Waals surface area contributed by atoms with Crippen molar-refractivity contribution in [2.75, 3.05) is 56.3 Å². The molecule has 3 rings (SSSR count). The van der Waals surface area contributed by atoms with Crippen LogP contribution >= 0.6 is 0 Å². The molecule has 1 aliphatic rings. The minimum Gasteiger partial charge on any atom is -0.492 e. The third-order valence-corrected chi connectivity index (χ3v) is 4.90. The van der Waals surface area contributed by atoms with Crippen molar-refractivity contribution < 1.29 is 28.2 Å². The number of anilines is 2. The molecule has 1 aromatic carbocycles. The second-order valence-corrected chi connectivity index (χ2v) is 7.17. The van der Waals surface area contributed by atoms with Gasteiger partial charge in [0.25, 0.3) is 5.91 Å². The number of benzene rings is 1. The molecular weight excluding hydrogens is 414 g/mol. The Bertz CT molecular complexity index is 878. The van der Waals surface area contributed by atoms with Gasteiger partial charge in [0, 0.05) is 38.2 Å². The average Bonchev–Trinajstić information content (AvgIpc) is 3.34. The summed E-state index contributed by atoms with van der Waals surface area (Å²) in [5.74, 6) is 1.07. The normalized spacial score (nSPS) is 13.5. The first-order valence-corrected chi connectivity index (χ1v) is 11.0. The summed E-state index contributed by atoms with van der Waals surface area (Å²) in [5, 5.41) is 5.65. The molecule has 2 amide bonds. The van der Waals surface area contributed by atoms with Gasteiger partial charge in [0.05, 0.1) is 44.1 Å². The predicted octanol–water partition coefficient (Wildman–Crippen LogP) is 3.06. The van der Waals surface area contributed by atoms with Crippen LogP contribution in [0.25, 0.3) is 0 Å². The van der Waals surface area contributed by atoms with E-state index in [9.17, 15) is 9.59 Å². The van der Waals surface area contributed by atoms with Crippen LogP contribution in [-0.4, -0.2) is 57.9 Å². The van der Waals surface area contributed by atoms with E-state index in [4.69, 9.17) is 18.6 Å².